The van der Waals surface area contributed by atoms with Crippen molar-refractivity contribution < 1.29 is 4.79 Å². The Morgan fingerprint density at radius 1 is 1.67 bits per heavy atom. The van der Waals surface area contributed by atoms with Crippen molar-refractivity contribution >= 4 is 5.91 Å². The molecule has 0 saturated heterocycles. The highest BCUT2D eigenvalue weighted by Crippen LogP contribution is 1.99. The summed E-state index contributed by atoms with van der Waals surface area (Å²) in [7, 11) is 0. The van der Waals surface area contributed by atoms with Gasteiger partial charge < -0.3 is 9.88 Å². The van der Waals surface area contributed by atoms with E-state index >= 15 is 0 Å². The lowest BCUT2D eigenvalue weighted by atomic mass is 10.3. The third-order valence-corrected chi connectivity index (χ3v) is 2.23. The van der Waals surface area contributed by atoms with Gasteiger partial charge in [-0.15, -0.1) is 0 Å². The normalized spacial score (nSPS) is 10.3. The number of hydrogen-bond acceptors (Lipinski definition) is 2. The number of nitrogens with zero attached hydrogens (tertiary/aromatic N) is 2. The summed E-state index contributed by atoms with van der Waals surface area (Å²) in [5, 5.41) is 2.86. The smallest absolute Gasteiger partial charge is 0.220 e. The van der Waals surface area contributed by atoms with Crippen LogP contribution in [0, 0.1) is 13.1 Å². The van der Waals surface area contributed by atoms with Crippen LogP contribution in [0.1, 0.15) is 32.0 Å². The van der Waals surface area contributed by atoms with Crippen molar-refractivity contribution in [2.75, 3.05) is 6.54 Å². The average Bonchev–Trinajstić information content (AvgIpc) is 2.61. The van der Waals surface area contributed by atoms with Crippen molar-refractivity contribution in [3.63, 3.8) is 0 Å². The van der Waals surface area contributed by atoms with E-state index in [0.717, 1.165) is 31.8 Å². The second kappa shape index (κ2) is 6.22. The zero-order valence-electron chi connectivity index (χ0n) is 9.42. The molecule has 0 atom stereocenters. The number of aryl methyl sites for hydroxylation is 2. The molecule has 1 heterocycles. The lowest BCUT2D eigenvalue weighted by molar-refractivity contribution is -0.121. The zero-order valence-corrected chi connectivity index (χ0v) is 9.42. The molecule has 1 rings (SSSR count). The molecule has 0 aromatic carbocycles. The van der Waals surface area contributed by atoms with Gasteiger partial charge in [-0.2, -0.15) is 0 Å². The molecule has 1 aromatic rings. The molecule has 0 saturated carbocycles. The maximum Gasteiger partial charge on any atom is 0.220 e. The van der Waals surface area contributed by atoms with Gasteiger partial charge in [0, 0.05) is 25.7 Å². The lowest BCUT2D eigenvalue weighted by Crippen LogP contribution is -2.23. The molecule has 1 aromatic heterocycles. The van der Waals surface area contributed by atoms with Crippen molar-refractivity contribution in [1.29, 1.82) is 0 Å². The van der Waals surface area contributed by atoms with Gasteiger partial charge in [-0.05, 0) is 19.8 Å². The van der Waals surface area contributed by atoms with E-state index in [4.69, 9.17) is 0 Å². The highest BCUT2D eigenvalue weighted by molar-refractivity contribution is 5.75. The summed E-state index contributed by atoms with van der Waals surface area (Å²) in [6.07, 6.45) is 7.02. The number of nitrogens with one attached hydrogen (secondary N) is 1. The molecule has 0 aliphatic heterocycles. The number of amides is 1. The van der Waals surface area contributed by atoms with Gasteiger partial charge in [-0.1, -0.05) is 6.92 Å². The first kappa shape index (κ1) is 11.8. The third kappa shape index (κ3) is 4.14. The van der Waals surface area contributed by atoms with Crippen LogP contribution in [-0.4, -0.2) is 22.0 Å². The molecule has 4 heteroatoms. The summed E-state index contributed by atoms with van der Waals surface area (Å²) in [5.41, 5.74) is 0. The van der Waals surface area contributed by atoms with E-state index in [2.05, 4.69) is 16.5 Å². The van der Waals surface area contributed by atoms with E-state index in [9.17, 15) is 4.79 Å². The fraction of sp³-hybridized carbons (Fsp3) is 0.636. The third-order valence-electron chi connectivity index (χ3n) is 2.23. The summed E-state index contributed by atoms with van der Waals surface area (Å²) in [4.78, 5) is 15.3. The molecule has 1 radical (unpaired) electrons. The van der Waals surface area contributed by atoms with Gasteiger partial charge >= 0.3 is 0 Å². The van der Waals surface area contributed by atoms with E-state index in [-0.39, 0.29) is 5.91 Å². The van der Waals surface area contributed by atoms with Crippen molar-refractivity contribution in [2.24, 2.45) is 0 Å². The summed E-state index contributed by atoms with van der Waals surface area (Å²) < 4.78 is 2.01. The number of carbonyl (C=O) groups is 1. The fourth-order valence-corrected chi connectivity index (χ4v) is 1.34. The Morgan fingerprint density at radius 3 is 3.07 bits per heavy atom. The van der Waals surface area contributed by atoms with Gasteiger partial charge in [0.15, 0.2) is 0 Å². The van der Waals surface area contributed by atoms with Crippen LogP contribution in [0.3, 0.4) is 0 Å². The summed E-state index contributed by atoms with van der Waals surface area (Å²) in [6, 6.07) is 0. The Balaban J connectivity index is 2.16. The van der Waals surface area contributed by atoms with Crippen LogP contribution < -0.4 is 5.32 Å². The highest BCUT2D eigenvalue weighted by atomic mass is 16.1. The van der Waals surface area contributed by atoms with E-state index in [1.54, 1.807) is 0 Å². The largest absolute Gasteiger partial charge is 0.356 e. The minimum Gasteiger partial charge on any atom is -0.356 e. The monoisotopic (exact) mass is 208 g/mol. The quantitative estimate of drug-likeness (QED) is 0.766. The SMILES string of the molecule is CCCNC(=O)CCCn1c[c]nc1C. The van der Waals surface area contributed by atoms with Crippen molar-refractivity contribution in [1.82, 2.24) is 14.9 Å². The molecule has 15 heavy (non-hydrogen) atoms. The minimum atomic E-state index is 0.138. The standard InChI is InChI=1S/C11H18N3O/c1-3-6-13-11(15)5-4-8-14-9-7-12-10(14)2/h9H,3-6,8H2,1-2H3,(H,13,15). The van der Waals surface area contributed by atoms with Crippen molar-refractivity contribution in [2.45, 2.75) is 39.7 Å². The average molecular weight is 208 g/mol. The van der Waals surface area contributed by atoms with Crippen LogP contribution in [0.5, 0.6) is 0 Å². The van der Waals surface area contributed by atoms with Gasteiger partial charge in [0.25, 0.3) is 0 Å². The number of carbonyl (C=O) groups excluding carboxylic acids is 1. The van der Waals surface area contributed by atoms with E-state index in [1.165, 1.54) is 0 Å². The van der Waals surface area contributed by atoms with Crippen LogP contribution in [0.15, 0.2) is 6.20 Å². The van der Waals surface area contributed by atoms with Gasteiger partial charge in [0.05, 0.1) is 0 Å². The van der Waals surface area contributed by atoms with Crippen LogP contribution in [0.4, 0.5) is 0 Å². The first-order valence-corrected chi connectivity index (χ1v) is 5.40. The van der Waals surface area contributed by atoms with Crippen LogP contribution in [-0.2, 0) is 11.3 Å². The Labute approximate surface area is 90.7 Å². The first-order valence-electron chi connectivity index (χ1n) is 5.40. The molecule has 0 fully saturated rings. The first-order chi connectivity index (χ1) is 7.24. The Morgan fingerprint density at radius 2 is 2.47 bits per heavy atom. The Bertz CT molecular complexity index is 307. The second-order valence-corrected chi connectivity index (χ2v) is 3.56. The van der Waals surface area contributed by atoms with Gasteiger partial charge in [-0.25, -0.2) is 4.98 Å². The fourth-order valence-electron chi connectivity index (χ4n) is 1.34. The summed E-state index contributed by atoms with van der Waals surface area (Å²) >= 11 is 0. The number of rotatable bonds is 6. The van der Waals surface area contributed by atoms with Crippen molar-refractivity contribution in [3.8, 4) is 0 Å². The van der Waals surface area contributed by atoms with Gasteiger partial charge in [0.2, 0.25) is 5.91 Å². The van der Waals surface area contributed by atoms with Crippen molar-refractivity contribution in [3.05, 3.63) is 18.2 Å². The van der Waals surface area contributed by atoms with E-state index in [0.29, 0.717) is 6.42 Å². The Kier molecular flexibility index (Phi) is 4.87. The zero-order chi connectivity index (χ0) is 11.1. The van der Waals surface area contributed by atoms with E-state index in [1.807, 2.05) is 24.6 Å². The topological polar surface area (TPSA) is 46.9 Å². The molecule has 0 spiro atoms. The number of aromatic nitrogens is 2. The maximum atomic E-state index is 11.3. The van der Waals surface area contributed by atoms with Crippen LogP contribution >= 0.6 is 0 Å². The lowest BCUT2D eigenvalue weighted by Gasteiger charge is -2.05. The van der Waals surface area contributed by atoms with Gasteiger partial charge in [-0.3, -0.25) is 4.79 Å². The summed E-state index contributed by atoms with van der Waals surface area (Å²) in [6.45, 7) is 5.59. The molecule has 83 valence electrons. The molecular weight excluding hydrogens is 190 g/mol. The predicted molar refractivity (Wildman–Crippen MR) is 58.3 cm³/mol. The van der Waals surface area contributed by atoms with E-state index < -0.39 is 0 Å². The van der Waals surface area contributed by atoms with Crippen LogP contribution in [0.2, 0.25) is 0 Å². The number of imidazole rings is 1. The minimum absolute atomic E-state index is 0.138. The van der Waals surface area contributed by atoms with Crippen LogP contribution in [0.25, 0.3) is 0 Å². The second-order valence-electron chi connectivity index (χ2n) is 3.56. The summed E-state index contributed by atoms with van der Waals surface area (Å²) in [5.74, 6) is 1.09. The molecule has 1 N–H and O–H groups in total. The number of hydrogen-bond donors (Lipinski definition) is 1. The molecular formula is C11H18N3O. The molecule has 4 nitrogen and oxygen atoms in total. The maximum absolute atomic E-state index is 11.3. The molecule has 0 unspecified atom stereocenters. The Hall–Kier alpha value is -1.32. The molecule has 0 aliphatic rings. The predicted octanol–water partition coefficient (Wildman–Crippen LogP) is 1.30. The molecule has 0 bridgehead atoms. The molecule has 1 amide bonds. The van der Waals surface area contributed by atoms with Gasteiger partial charge in [0.1, 0.15) is 12.0 Å². The molecule has 0 aliphatic carbocycles. The highest BCUT2D eigenvalue weighted by Gasteiger charge is 2.01.